The van der Waals surface area contributed by atoms with Crippen molar-refractivity contribution in [1.29, 1.82) is 0 Å². The maximum absolute atomic E-state index is 10.7. The van der Waals surface area contributed by atoms with Crippen LogP contribution in [0.2, 0.25) is 0 Å². The van der Waals surface area contributed by atoms with Crippen LogP contribution in [0.5, 0.6) is 0 Å². The Balaban J connectivity index is 1.82. The number of benzene rings is 1. The molecular formula is C23H33NO4. The van der Waals surface area contributed by atoms with Crippen LogP contribution in [-0.2, 0) is 11.2 Å². The van der Waals surface area contributed by atoms with Crippen molar-refractivity contribution in [2.45, 2.75) is 63.3 Å². The fourth-order valence-corrected chi connectivity index (χ4v) is 3.78. The second-order valence-electron chi connectivity index (χ2n) is 7.65. The molecule has 1 aromatic carbocycles. The fourth-order valence-electron chi connectivity index (χ4n) is 3.78. The Morgan fingerprint density at radius 2 is 1.93 bits per heavy atom. The van der Waals surface area contributed by atoms with Crippen molar-refractivity contribution in [3.05, 3.63) is 60.2 Å². The van der Waals surface area contributed by atoms with E-state index in [1.54, 1.807) is 6.08 Å². The molecule has 0 unspecified atom stereocenters. The average molecular weight is 388 g/mol. The van der Waals surface area contributed by atoms with Gasteiger partial charge in [-0.1, -0.05) is 54.6 Å². The molecule has 0 spiro atoms. The summed E-state index contributed by atoms with van der Waals surface area (Å²) in [6.07, 6.45) is 10.2. The van der Waals surface area contributed by atoms with Crippen molar-refractivity contribution in [1.82, 2.24) is 0 Å². The van der Waals surface area contributed by atoms with Crippen LogP contribution < -0.4 is 5.73 Å². The van der Waals surface area contributed by atoms with Gasteiger partial charge in [0.1, 0.15) is 0 Å². The van der Waals surface area contributed by atoms with Crippen LogP contribution in [0.15, 0.2) is 54.6 Å². The Hall–Kier alpha value is -1.95. The Kier molecular flexibility index (Phi) is 9.41. The molecule has 28 heavy (non-hydrogen) atoms. The summed E-state index contributed by atoms with van der Waals surface area (Å²) in [5.41, 5.74) is 6.30. The van der Waals surface area contributed by atoms with Crippen LogP contribution in [-0.4, -0.2) is 39.5 Å². The maximum atomic E-state index is 10.7. The number of primary amides is 1. The SMILES string of the molecule is NC(=O)CCCC=CC[C@@H]1[C@@H](C=C[C@@H](O)CCc2ccccc2)[C@H](O)C[C@@H]1O. The van der Waals surface area contributed by atoms with Gasteiger partial charge in [0.2, 0.25) is 5.91 Å². The standard InChI is InChI=1S/C23H33NO4/c24-23(28)11-7-2-1-6-10-19-20(22(27)16-21(19)26)15-14-18(25)13-12-17-8-4-3-5-9-17/h1,3-6,8-9,14-15,18-22,25-27H,2,7,10-13,16H2,(H2,24,28)/t18-,19+,20+,21-,22+/m0/s1. The summed E-state index contributed by atoms with van der Waals surface area (Å²) < 4.78 is 0. The summed E-state index contributed by atoms with van der Waals surface area (Å²) in [5.74, 6) is -0.532. The molecule has 0 heterocycles. The molecule has 0 saturated heterocycles. The minimum Gasteiger partial charge on any atom is -0.393 e. The second-order valence-corrected chi connectivity index (χ2v) is 7.65. The lowest BCUT2D eigenvalue weighted by atomic mass is 9.89. The predicted molar refractivity (Wildman–Crippen MR) is 110 cm³/mol. The summed E-state index contributed by atoms with van der Waals surface area (Å²) >= 11 is 0. The largest absolute Gasteiger partial charge is 0.393 e. The van der Waals surface area contributed by atoms with Crippen molar-refractivity contribution in [3.63, 3.8) is 0 Å². The molecule has 1 aliphatic carbocycles. The number of hydrogen-bond donors (Lipinski definition) is 4. The number of nitrogens with two attached hydrogens (primary N) is 1. The second kappa shape index (κ2) is 11.8. The predicted octanol–water partition coefficient (Wildman–Crippen LogP) is 2.50. The smallest absolute Gasteiger partial charge is 0.217 e. The van der Waals surface area contributed by atoms with Gasteiger partial charge in [-0.2, -0.15) is 0 Å². The molecule has 0 radical (unpaired) electrons. The van der Waals surface area contributed by atoms with Gasteiger partial charge in [0.15, 0.2) is 0 Å². The molecule has 5 N–H and O–H groups in total. The molecule has 1 aliphatic rings. The van der Waals surface area contributed by atoms with E-state index in [4.69, 9.17) is 5.73 Å². The first-order valence-corrected chi connectivity index (χ1v) is 10.2. The van der Waals surface area contributed by atoms with Gasteiger partial charge in [-0.15, -0.1) is 0 Å². The van der Waals surface area contributed by atoms with Crippen LogP contribution in [0.25, 0.3) is 0 Å². The lowest BCUT2D eigenvalue weighted by molar-refractivity contribution is -0.118. The third-order valence-corrected chi connectivity index (χ3v) is 5.41. The van der Waals surface area contributed by atoms with Gasteiger partial charge in [0.05, 0.1) is 18.3 Å². The Morgan fingerprint density at radius 3 is 2.64 bits per heavy atom. The first-order valence-electron chi connectivity index (χ1n) is 10.2. The van der Waals surface area contributed by atoms with Gasteiger partial charge in [0.25, 0.3) is 0 Å². The first-order chi connectivity index (χ1) is 13.5. The number of carbonyl (C=O) groups is 1. The van der Waals surface area contributed by atoms with Crippen LogP contribution in [0, 0.1) is 11.8 Å². The zero-order valence-corrected chi connectivity index (χ0v) is 16.4. The molecule has 5 atom stereocenters. The molecule has 0 aliphatic heterocycles. The molecule has 5 nitrogen and oxygen atoms in total. The molecule has 1 saturated carbocycles. The molecular weight excluding hydrogens is 354 g/mol. The van der Waals surface area contributed by atoms with Gasteiger partial charge in [-0.3, -0.25) is 4.79 Å². The Labute approximate surface area is 167 Å². The topological polar surface area (TPSA) is 104 Å². The van der Waals surface area contributed by atoms with E-state index in [9.17, 15) is 20.1 Å². The van der Waals surface area contributed by atoms with Crippen molar-refractivity contribution in [2.75, 3.05) is 0 Å². The Bertz CT molecular complexity index is 643. The van der Waals surface area contributed by atoms with Crippen molar-refractivity contribution < 1.29 is 20.1 Å². The normalized spacial score (nSPS) is 26.2. The van der Waals surface area contributed by atoms with Crippen LogP contribution in [0.4, 0.5) is 0 Å². The van der Waals surface area contributed by atoms with Crippen molar-refractivity contribution >= 4 is 5.91 Å². The molecule has 1 amide bonds. The minimum atomic E-state index is -0.596. The van der Waals surface area contributed by atoms with Crippen LogP contribution >= 0.6 is 0 Å². The summed E-state index contributed by atoms with van der Waals surface area (Å²) in [4.78, 5) is 10.7. The van der Waals surface area contributed by atoms with Crippen LogP contribution in [0.3, 0.4) is 0 Å². The number of aliphatic hydroxyl groups is 3. The third kappa shape index (κ3) is 7.58. The van der Waals surface area contributed by atoms with Crippen molar-refractivity contribution in [3.8, 4) is 0 Å². The number of rotatable bonds is 11. The molecule has 0 bridgehead atoms. The number of aliphatic hydroxyl groups excluding tert-OH is 3. The average Bonchev–Trinajstić information content (AvgIpc) is 2.94. The number of allylic oxidation sites excluding steroid dienone is 2. The maximum Gasteiger partial charge on any atom is 0.217 e. The van der Waals surface area contributed by atoms with E-state index in [0.29, 0.717) is 25.7 Å². The van der Waals surface area contributed by atoms with Gasteiger partial charge in [-0.25, -0.2) is 0 Å². The third-order valence-electron chi connectivity index (χ3n) is 5.41. The van der Waals surface area contributed by atoms with E-state index in [0.717, 1.165) is 19.3 Å². The minimum absolute atomic E-state index is 0.0695. The van der Waals surface area contributed by atoms with E-state index in [2.05, 4.69) is 0 Å². The Morgan fingerprint density at radius 1 is 1.18 bits per heavy atom. The highest BCUT2D eigenvalue weighted by Gasteiger charge is 2.39. The zero-order valence-electron chi connectivity index (χ0n) is 16.4. The number of amides is 1. The van der Waals surface area contributed by atoms with E-state index in [1.807, 2.05) is 48.6 Å². The number of unbranched alkanes of at least 4 members (excludes halogenated alkanes) is 1. The van der Waals surface area contributed by atoms with E-state index >= 15 is 0 Å². The molecule has 1 aromatic rings. The molecule has 5 heteroatoms. The first kappa shape index (κ1) is 22.3. The van der Waals surface area contributed by atoms with Gasteiger partial charge < -0.3 is 21.1 Å². The molecule has 2 rings (SSSR count). The van der Waals surface area contributed by atoms with E-state index in [-0.39, 0.29) is 17.7 Å². The van der Waals surface area contributed by atoms with E-state index in [1.165, 1.54) is 5.56 Å². The zero-order chi connectivity index (χ0) is 20.4. The number of aryl methyl sites for hydroxylation is 1. The summed E-state index contributed by atoms with van der Waals surface area (Å²) in [6, 6.07) is 10.0. The monoisotopic (exact) mass is 387 g/mol. The highest BCUT2D eigenvalue weighted by molar-refractivity contribution is 5.73. The summed E-state index contributed by atoms with van der Waals surface area (Å²) in [6.45, 7) is 0. The lowest BCUT2D eigenvalue weighted by Gasteiger charge is -2.19. The number of hydrogen-bond acceptors (Lipinski definition) is 4. The lowest BCUT2D eigenvalue weighted by Crippen LogP contribution is -2.20. The van der Waals surface area contributed by atoms with Gasteiger partial charge in [-0.05, 0) is 43.6 Å². The quantitative estimate of drug-likeness (QED) is 0.346. The molecule has 0 aromatic heterocycles. The summed E-state index contributed by atoms with van der Waals surface area (Å²) in [5, 5.41) is 30.8. The van der Waals surface area contributed by atoms with Gasteiger partial charge >= 0.3 is 0 Å². The summed E-state index contributed by atoms with van der Waals surface area (Å²) in [7, 11) is 0. The van der Waals surface area contributed by atoms with Crippen molar-refractivity contribution in [2.24, 2.45) is 17.6 Å². The van der Waals surface area contributed by atoms with Gasteiger partial charge in [0, 0.05) is 18.8 Å². The number of carbonyl (C=O) groups excluding carboxylic acids is 1. The molecule has 154 valence electrons. The molecule has 1 fully saturated rings. The van der Waals surface area contributed by atoms with E-state index < -0.39 is 18.3 Å². The highest BCUT2D eigenvalue weighted by Crippen LogP contribution is 2.36. The highest BCUT2D eigenvalue weighted by atomic mass is 16.3. The van der Waals surface area contributed by atoms with Crippen LogP contribution in [0.1, 0.15) is 44.1 Å². The fraction of sp³-hybridized carbons (Fsp3) is 0.522.